The summed E-state index contributed by atoms with van der Waals surface area (Å²) >= 11 is 1.42. The highest BCUT2D eigenvalue weighted by atomic mass is 32.2. The highest BCUT2D eigenvalue weighted by molar-refractivity contribution is 8.00. The summed E-state index contributed by atoms with van der Waals surface area (Å²) < 4.78 is 38.5. The number of aliphatic hydroxyl groups excluding tert-OH is 2. The fraction of sp³-hybridized carbons (Fsp3) is 0.936. The van der Waals surface area contributed by atoms with Gasteiger partial charge >= 0.3 is 11.9 Å². The standard InChI is InChI=1S/C47H87N3O14S/c1-19-34-47(14,58)38(52)29(6)49(17)23-25(2)21-45(12,57)40(27(4)37(28(5)42(56)62-34)63-35-22-46(13,59-18)39(53)30(7)61-35)64-43-36(32(48(15)16)20-26(3)60-43)50(31(8)51)33(41(54)55)24-65-44(9,10)11/h25-30,32-40,43,52-53,57-58H,19-24H2,1-18H3,(H,54,55)/t25-,26-,27+,28-,29-,30+,32+,33-,34-,35+,36-,37+,38-,39+,40-,43?,45-,46-,47-/m1/s1. The number of amides is 1. The molecule has 0 aromatic rings. The lowest BCUT2D eigenvalue weighted by Gasteiger charge is -2.52. The third-order valence-corrected chi connectivity index (χ3v) is 15.5. The van der Waals surface area contributed by atoms with E-state index in [9.17, 15) is 39.9 Å². The monoisotopic (exact) mass is 950 g/mol. The Balaban J connectivity index is 2.35. The number of aliphatic hydroxyl groups is 4. The first kappa shape index (κ1) is 57.6. The molecular formula is C47H87N3O14S. The molecule has 380 valence electrons. The van der Waals surface area contributed by atoms with Crippen molar-refractivity contribution in [2.75, 3.05) is 40.6 Å². The summed E-state index contributed by atoms with van der Waals surface area (Å²) in [6.07, 6.45) is -8.55. The fourth-order valence-electron chi connectivity index (χ4n) is 10.3. The molecule has 0 saturated carbocycles. The Kier molecular flexibility index (Phi) is 20.2. The second kappa shape index (κ2) is 22.8. The minimum atomic E-state index is -1.87. The van der Waals surface area contributed by atoms with Crippen LogP contribution in [0.25, 0.3) is 0 Å². The van der Waals surface area contributed by atoms with Crippen molar-refractivity contribution in [1.29, 1.82) is 0 Å². The Hall–Kier alpha value is -1.68. The van der Waals surface area contributed by atoms with Gasteiger partial charge in [-0.3, -0.25) is 9.59 Å². The van der Waals surface area contributed by atoms with Crippen molar-refractivity contribution in [3.63, 3.8) is 0 Å². The Bertz CT molecular complexity index is 1570. The van der Waals surface area contributed by atoms with Gasteiger partial charge in [-0.15, -0.1) is 0 Å². The minimum Gasteiger partial charge on any atom is -0.480 e. The van der Waals surface area contributed by atoms with Gasteiger partial charge in [-0.1, -0.05) is 41.5 Å². The number of rotatable bonds is 12. The molecule has 0 aromatic carbocycles. The van der Waals surface area contributed by atoms with Crippen LogP contribution in [0.2, 0.25) is 0 Å². The van der Waals surface area contributed by atoms with Gasteiger partial charge in [-0.25, -0.2) is 4.79 Å². The molecule has 3 heterocycles. The first-order valence-corrected chi connectivity index (χ1v) is 24.4. The van der Waals surface area contributed by atoms with Crippen molar-refractivity contribution in [3.8, 4) is 0 Å². The van der Waals surface area contributed by atoms with E-state index in [2.05, 4.69) is 0 Å². The third-order valence-electron chi connectivity index (χ3n) is 14.2. The molecule has 17 nitrogen and oxygen atoms in total. The van der Waals surface area contributed by atoms with E-state index in [1.165, 1.54) is 37.6 Å². The first-order chi connectivity index (χ1) is 29.7. The highest BCUT2D eigenvalue weighted by Crippen LogP contribution is 2.41. The molecule has 18 heteroatoms. The molecule has 0 aliphatic carbocycles. The second-order valence-electron chi connectivity index (χ2n) is 21.4. The smallest absolute Gasteiger partial charge is 0.327 e. The number of cyclic esters (lactones) is 1. The van der Waals surface area contributed by atoms with Gasteiger partial charge in [-0.2, -0.15) is 11.8 Å². The minimum absolute atomic E-state index is 0.0637. The number of ether oxygens (including phenoxy) is 6. The van der Waals surface area contributed by atoms with Crippen molar-refractivity contribution in [2.45, 2.75) is 224 Å². The van der Waals surface area contributed by atoms with Gasteiger partial charge in [-0.05, 0) is 94.8 Å². The van der Waals surface area contributed by atoms with Crippen LogP contribution >= 0.6 is 11.8 Å². The molecule has 0 spiro atoms. The SMILES string of the molecule is CC[C@H]1OC(=O)[C@H](C)[C@@H](O[C@H]2C[C@@](C)(OC)[C@@H](O)[C@H](C)O2)[C@H](C)[C@@H](OC2O[C@H](C)C[C@H](N(C)C)[C@H]2N(C(C)=O)[C@H](CSC(C)(C)C)C(=O)O)[C@](C)(O)C[C@@H](C)CN(C)[C@H](C)[C@@H](O)[C@]1(C)O. The first-order valence-electron chi connectivity index (χ1n) is 23.4. The number of methoxy groups -OCH3 is 1. The maximum atomic E-state index is 14.6. The molecule has 3 saturated heterocycles. The van der Waals surface area contributed by atoms with E-state index in [4.69, 9.17) is 28.4 Å². The second-order valence-corrected chi connectivity index (χ2v) is 23.2. The number of carbonyl (C=O) groups excluding carboxylic acids is 2. The average Bonchev–Trinajstić information content (AvgIpc) is 3.18. The molecule has 3 aliphatic rings. The van der Waals surface area contributed by atoms with E-state index >= 15 is 0 Å². The molecule has 0 bridgehead atoms. The average molecular weight is 950 g/mol. The van der Waals surface area contributed by atoms with Crippen LogP contribution in [0.15, 0.2) is 0 Å². The van der Waals surface area contributed by atoms with E-state index in [0.29, 0.717) is 13.0 Å². The summed E-state index contributed by atoms with van der Waals surface area (Å²) in [7, 11) is 7.02. The van der Waals surface area contributed by atoms with Gasteiger partial charge < -0.3 is 68.7 Å². The lowest BCUT2D eigenvalue weighted by atomic mass is 9.77. The van der Waals surface area contributed by atoms with Crippen LogP contribution in [0, 0.1) is 17.8 Å². The van der Waals surface area contributed by atoms with Crippen molar-refractivity contribution < 1.29 is 68.3 Å². The van der Waals surface area contributed by atoms with Gasteiger partial charge in [0.1, 0.15) is 30.0 Å². The molecule has 19 atom stereocenters. The number of hydrogen-bond acceptors (Lipinski definition) is 16. The van der Waals surface area contributed by atoms with E-state index in [1.54, 1.807) is 48.5 Å². The van der Waals surface area contributed by atoms with Crippen molar-refractivity contribution in [2.24, 2.45) is 17.8 Å². The molecule has 5 N–H and O–H groups in total. The molecule has 1 unspecified atom stereocenters. The fourth-order valence-corrected chi connectivity index (χ4v) is 11.3. The van der Waals surface area contributed by atoms with Gasteiger partial charge in [0.25, 0.3) is 0 Å². The quantitative estimate of drug-likeness (QED) is 0.176. The molecular weight excluding hydrogens is 863 g/mol. The Labute approximate surface area is 393 Å². The number of hydrogen-bond donors (Lipinski definition) is 5. The highest BCUT2D eigenvalue weighted by Gasteiger charge is 2.54. The molecule has 3 fully saturated rings. The maximum absolute atomic E-state index is 14.6. The lowest BCUT2D eigenvalue weighted by Crippen LogP contribution is -2.67. The maximum Gasteiger partial charge on any atom is 0.327 e. The Morgan fingerprint density at radius 2 is 1.58 bits per heavy atom. The van der Waals surface area contributed by atoms with Gasteiger partial charge in [0, 0.05) is 55.5 Å². The van der Waals surface area contributed by atoms with Gasteiger partial charge in [0.15, 0.2) is 12.6 Å². The van der Waals surface area contributed by atoms with Crippen LogP contribution in [-0.4, -0.2) is 200 Å². The summed E-state index contributed by atoms with van der Waals surface area (Å²) in [5.74, 6) is -4.61. The number of thioether (sulfide) groups is 1. The molecule has 3 aliphatic heterocycles. The van der Waals surface area contributed by atoms with E-state index in [-0.39, 0.29) is 35.7 Å². The number of esters is 1. The zero-order valence-corrected chi connectivity index (χ0v) is 43.5. The zero-order valence-electron chi connectivity index (χ0n) is 42.6. The summed E-state index contributed by atoms with van der Waals surface area (Å²) in [5.41, 5.74) is -4.69. The zero-order chi connectivity index (χ0) is 49.9. The number of nitrogens with zero attached hydrogens (tertiary/aromatic N) is 3. The number of carbonyl (C=O) groups is 3. The number of carboxylic acid groups (broad SMARTS) is 1. The summed E-state index contributed by atoms with van der Waals surface area (Å²) in [6, 6.07) is -3.31. The van der Waals surface area contributed by atoms with E-state index in [0.717, 1.165) is 0 Å². The van der Waals surface area contributed by atoms with Gasteiger partial charge in [0.2, 0.25) is 5.91 Å². The van der Waals surface area contributed by atoms with Crippen LogP contribution in [0.3, 0.4) is 0 Å². The number of aliphatic carboxylic acids is 1. The Morgan fingerprint density at radius 3 is 2.09 bits per heavy atom. The number of carboxylic acids is 1. The van der Waals surface area contributed by atoms with Crippen LogP contribution in [0.4, 0.5) is 0 Å². The summed E-state index contributed by atoms with van der Waals surface area (Å²) in [6.45, 7) is 25.0. The van der Waals surface area contributed by atoms with Crippen molar-refractivity contribution in [3.05, 3.63) is 0 Å². The van der Waals surface area contributed by atoms with Crippen LogP contribution < -0.4 is 0 Å². The van der Waals surface area contributed by atoms with E-state index < -0.39 is 126 Å². The number of likely N-dealkylation sites (N-methyl/N-ethyl adjacent to an activating group) is 2. The van der Waals surface area contributed by atoms with E-state index in [1.807, 2.05) is 65.6 Å². The van der Waals surface area contributed by atoms with Crippen LogP contribution in [0.5, 0.6) is 0 Å². The summed E-state index contributed by atoms with van der Waals surface area (Å²) in [4.78, 5) is 46.9. The molecule has 0 aromatic heterocycles. The topological polar surface area (TPSA) is 217 Å². The van der Waals surface area contributed by atoms with Crippen molar-refractivity contribution in [1.82, 2.24) is 14.7 Å². The molecule has 0 radical (unpaired) electrons. The predicted molar refractivity (Wildman–Crippen MR) is 248 cm³/mol. The normalized spacial score (nSPS) is 42.7. The van der Waals surface area contributed by atoms with Crippen LogP contribution in [0.1, 0.15) is 123 Å². The van der Waals surface area contributed by atoms with Crippen LogP contribution in [-0.2, 0) is 42.8 Å². The van der Waals surface area contributed by atoms with Gasteiger partial charge in [0.05, 0.1) is 47.6 Å². The molecule has 1 amide bonds. The largest absolute Gasteiger partial charge is 0.480 e. The lowest BCUT2D eigenvalue weighted by molar-refractivity contribution is -0.313. The molecule has 65 heavy (non-hydrogen) atoms. The summed E-state index contributed by atoms with van der Waals surface area (Å²) in [5, 5.41) is 58.5. The Morgan fingerprint density at radius 1 is 0.985 bits per heavy atom. The predicted octanol–water partition coefficient (Wildman–Crippen LogP) is 3.74. The molecule has 3 rings (SSSR count). The third kappa shape index (κ3) is 14.0. The van der Waals surface area contributed by atoms with Crippen molar-refractivity contribution >= 4 is 29.6 Å².